The maximum Gasteiger partial charge on any atom is 0.240 e. The van der Waals surface area contributed by atoms with E-state index in [0.29, 0.717) is 10.6 Å². The maximum atomic E-state index is 12.5. The highest BCUT2D eigenvalue weighted by atomic mass is 32.1. The van der Waals surface area contributed by atoms with E-state index in [2.05, 4.69) is 15.5 Å². The second kappa shape index (κ2) is 8.29. The van der Waals surface area contributed by atoms with E-state index in [0.717, 1.165) is 24.2 Å². The van der Waals surface area contributed by atoms with E-state index >= 15 is 0 Å². The molecule has 0 spiro atoms. The molecule has 1 aliphatic rings. The zero-order chi connectivity index (χ0) is 17.6. The molecule has 0 saturated heterocycles. The molecule has 0 unspecified atom stereocenters. The Bertz CT molecular complexity index is 758. The number of rotatable bonds is 5. The van der Waals surface area contributed by atoms with Gasteiger partial charge in [-0.1, -0.05) is 25.7 Å². The van der Waals surface area contributed by atoms with Gasteiger partial charge in [-0.3, -0.25) is 14.5 Å². The lowest BCUT2D eigenvalue weighted by atomic mass is 10.1. The van der Waals surface area contributed by atoms with Crippen LogP contribution in [0.5, 0.6) is 5.75 Å². The summed E-state index contributed by atoms with van der Waals surface area (Å²) >= 11 is 5.31. The highest BCUT2D eigenvalue weighted by Gasteiger charge is 2.17. The summed E-state index contributed by atoms with van der Waals surface area (Å²) in [4.78, 5) is 12.5. The molecule has 134 valence electrons. The van der Waals surface area contributed by atoms with Crippen LogP contribution in [0, 0.1) is 4.77 Å². The van der Waals surface area contributed by atoms with Gasteiger partial charge >= 0.3 is 0 Å². The first-order valence-electron chi connectivity index (χ1n) is 8.76. The number of carbonyl (C=O) groups excluding carboxylic acids is 1. The zero-order valence-electron chi connectivity index (χ0n) is 14.5. The van der Waals surface area contributed by atoms with Gasteiger partial charge in [-0.15, -0.1) is 0 Å². The highest BCUT2D eigenvalue weighted by Crippen LogP contribution is 2.21. The molecule has 2 N–H and O–H groups in total. The van der Waals surface area contributed by atoms with Crippen molar-refractivity contribution in [3.05, 3.63) is 29.0 Å². The first-order chi connectivity index (χ1) is 12.2. The van der Waals surface area contributed by atoms with Crippen LogP contribution < -0.4 is 10.1 Å². The minimum Gasteiger partial charge on any atom is -0.497 e. The molecule has 3 rings (SSSR count). The third-order valence-electron chi connectivity index (χ3n) is 4.63. The van der Waals surface area contributed by atoms with E-state index in [1.165, 1.54) is 25.7 Å². The van der Waals surface area contributed by atoms with Crippen molar-refractivity contribution >= 4 is 18.1 Å². The topological polar surface area (TPSA) is 71.9 Å². The van der Waals surface area contributed by atoms with Crippen molar-refractivity contribution < 1.29 is 9.53 Å². The second-order valence-electron chi connectivity index (χ2n) is 6.42. The molecule has 1 saturated carbocycles. The monoisotopic (exact) mass is 360 g/mol. The van der Waals surface area contributed by atoms with Crippen molar-refractivity contribution in [3.8, 4) is 17.1 Å². The van der Waals surface area contributed by atoms with Crippen LogP contribution >= 0.6 is 12.2 Å². The smallest absolute Gasteiger partial charge is 0.240 e. The third kappa shape index (κ3) is 4.48. The van der Waals surface area contributed by atoms with E-state index in [4.69, 9.17) is 17.0 Å². The number of hydrogen-bond acceptors (Lipinski definition) is 4. The number of hydrogen-bond donors (Lipinski definition) is 2. The van der Waals surface area contributed by atoms with Gasteiger partial charge < -0.3 is 10.1 Å². The summed E-state index contributed by atoms with van der Waals surface area (Å²) < 4.78 is 7.37. The lowest BCUT2D eigenvalue weighted by Crippen LogP contribution is -2.36. The summed E-state index contributed by atoms with van der Waals surface area (Å²) in [5.74, 6) is 1.42. The summed E-state index contributed by atoms with van der Waals surface area (Å²) in [6.07, 6.45) is 7.03. The Balaban J connectivity index is 1.72. The summed E-state index contributed by atoms with van der Waals surface area (Å²) in [7, 11) is 1.63. The van der Waals surface area contributed by atoms with Crippen LogP contribution in [0.4, 0.5) is 0 Å². The van der Waals surface area contributed by atoms with Crippen LogP contribution in [-0.4, -0.2) is 33.8 Å². The van der Waals surface area contributed by atoms with Gasteiger partial charge in [0.05, 0.1) is 7.11 Å². The van der Waals surface area contributed by atoms with E-state index in [1.54, 1.807) is 11.7 Å². The van der Waals surface area contributed by atoms with Gasteiger partial charge in [-0.05, 0) is 49.3 Å². The molecular weight excluding hydrogens is 336 g/mol. The Kier molecular flexibility index (Phi) is 5.86. The third-order valence-corrected chi connectivity index (χ3v) is 4.94. The van der Waals surface area contributed by atoms with Crippen LogP contribution in [0.3, 0.4) is 0 Å². The number of aromatic amines is 1. The van der Waals surface area contributed by atoms with E-state index in [-0.39, 0.29) is 18.5 Å². The molecule has 0 aliphatic heterocycles. The van der Waals surface area contributed by atoms with Crippen molar-refractivity contribution in [1.29, 1.82) is 0 Å². The van der Waals surface area contributed by atoms with Crippen molar-refractivity contribution in [3.63, 3.8) is 0 Å². The highest BCUT2D eigenvalue weighted by molar-refractivity contribution is 7.71. The van der Waals surface area contributed by atoms with Crippen molar-refractivity contribution in [2.75, 3.05) is 7.11 Å². The number of ether oxygens (including phenoxy) is 1. The Hall–Kier alpha value is -2.15. The SMILES string of the molecule is COc1ccc(-c2n[nH]c(=S)n2CC(=O)NC2CCCCCC2)cc1. The lowest BCUT2D eigenvalue weighted by molar-refractivity contribution is -0.122. The standard InChI is InChI=1S/C18H24N4O2S/c1-24-15-10-8-13(9-11-15)17-20-21-18(25)22(17)12-16(23)19-14-6-4-2-3-5-7-14/h8-11,14H,2-7,12H2,1H3,(H,19,23)(H,21,25). The number of amides is 1. The van der Waals surface area contributed by atoms with Gasteiger partial charge in [0.25, 0.3) is 0 Å². The molecule has 1 aromatic carbocycles. The molecule has 1 aromatic heterocycles. The van der Waals surface area contributed by atoms with E-state index in [9.17, 15) is 4.79 Å². The van der Waals surface area contributed by atoms with Gasteiger partial charge in [-0.2, -0.15) is 5.10 Å². The first-order valence-corrected chi connectivity index (χ1v) is 9.17. The quantitative estimate of drug-likeness (QED) is 0.633. The number of aromatic nitrogens is 3. The average Bonchev–Trinajstić information content (AvgIpc) is 2.82. The first kappa shape index (κ1) is 17.7. The predicted molar refractivity (Wildman–Crippen MR) is 99.0 cm³/mol. The summed E-state index contributed by atoms with van der Waals surface area (Å²) in [5.41, 5.74) is 0.885. The van der Waals surface area contributed by atoms with Crippen LogP contribution in [0.25, 0.3) is 11.4 Å². The van der Waals surface area contributed by atoms with Gasteiger partial charge in [0.15, 0.2) is 10.6 Å². The summed E-state index contributed by atoms with van der Waals surface area (Å²) in [6.45, 7) is 0.174. The molecule has 0 radical (unpaired) electrons. The number of benzene rings is 1. The fraction of sp³-hybridized carbons (Fsp3) is 0.500. The largest absolute Gasteiger partial charge is 0.497 e. The summed E-state index contributed by atoms with van der Waals surface area (Å²) in [6, 6.07) is 7.82. The number of nitrogens with one attached hydrogen (secondary N) is 2. The second-order valence-corrected chi connectivity index (χ2v) is 6.81. The Morgan fingerprint density at radius 2 is 1.96 bits per heavy atom. The number of methoxy groups -OCH3 is 1. The minimum atomic E-state index is -0.0147. The van der Waals surface area contributed by atoms with Crippen LogP contribution in [-0.2, 0) is 11.3 Å². The van der Waals surface area contributed by atoms with Crippen molar-refractivity contribution in [2.45, 2.75) is 51.1 Å². The molecule has 0 bridgehead atoms. The van der Waals surface area contributed by atoms with Crippen LogP contribution in [0.1, 0.15) is 38.5 Å². The van der Waals surface area contributed by atoms with E-state index < -0.39 is 0 Å². The van der Waals surface area contributed by atoms with Crippen LogP contribution in [0.15, 0.2) is 24.3 Å². The number of carbonyl (C=O) groups is 1. The molecule has 1 heterocycles. The molecule has 1 aliphatic carbocycles. The lowest BCUT2D eigenvalue weighted by Gasteiger charge is -2.16. The zero-order valence-corrected chi connectivity index (χ0v) is 15.3. The Labute approximate surface area is 152 Å². The number of H-pyrrole nitrogens is 1. The Morgan fingerprint density at radius 3 is 2.60 bits per heavy atom. The van der Waals surface area contributed by atoms with Gasteiger partial charge in [0.2, 0.25) is 5.91 Å². The molecule has 1 fully saturated rings. The molecular formula is C18H24N4O2S. The Morgan fingerprint density at radius 1 is 1.28 bits per heavy atom. The van der Waals surface area contributed by atoms with Crippen LogP contribution in [0.2, 0.25) is 0 Å². The van der Waals surface area contributed by atoms with Gasteiger partial charge in [-0.25, -0.2) is 0 Å². The fourth-order valence-electron chi connectivity index (χ4n) is 3.27. The predicted octanol–water partition coefficient (Wildman–Crippen LogP) is 3.46. The normalized spacial score (nSPS) is 15.6. The molecule has 25 heavy (non-hydrogen) atoms. The molecule has 0 atom stereocenters. The average molecular weight is 360 g/mol. The molecule has 6 nitrogen and oxygen atoms in total. The van der Waals surface area contributed by atoms with E-state index in [1.807, 2.05) is 24.3 Å². The van der Waals surface area contributed by atoms with Crippen molar-refractivity contribution in [1.82, 2.24) is 20.1 Å². The fourth-order valence-corrected chi connectivity index (χ4v) is 3.46. The minimum absolute atomic E-state index is 0.0147. The summed E-state index contributed by atoms with van der Waals surface area (Å²) in [5, 5.41) is 10.2. The maximum absolute atomic E-state index is 12.5. The number of nitrogens with zero attached hydrogens (tertiary/aromatic N) is 2. The molecule has 7 heteroatoms. The molecule has 1 amide bonds. The molecule has 2 aromatic rings. The van der Waals surface area contributed by atoms with Gasteiger partial charge in [0, 0.05) is 11.6 Å². The van der Waals surface area contributed by atoms with Crippen molar-refractivity contribution in [2.24, 2.45) is 0 Å². The van der Waals surface area contributed by atoms with Gasteiger partial charge in [0.1, 0.15) is 12.3 Å².